The summed E-state index contributed by atoms with van der Waals surface area (Å²) in [6.45, 7) is 10.1. The first-order valence-electron chi connectivity index (χ1n) is 23.6. The van der Waals surface area contributed by atoms with Crippen LogP contribution in [-0.4, -0.2) is 68.0 Å². The number of aryl methyl sites for hydroxylation is 4. The van der Waals surface area contributed by atoms with E-state index in [4.69, 9.17) is 38.4 Å². The molecule has 2 aliphatic rings. The van der Waals surface area contributed by atoms with Gasteiger partial charge in [0.05, 0.1) is 20.8 Å². The van der Waals surface area contributed by atoms with Crippen molar-refractivity contribution in [3.63, 3.8) is 0 Å². The van der Waals surface area contributed by atoms with Gasteiger partial charge < -0.3 is 38.2 Å². The molecule has 0 aromatic heterocycles. The molecule has 22 nitrogen and oxygen atoms in total. The number of alkyl halides is 2. The molecule has 0 spiro atoms. The molecule has 0 radical (unpaired) electrons. The molecule has 0 aliphatic carbocycles. The fraction of sp³-hybridized carbons (Fsp3) is 0.412. The Hall–Kier alpha value is -2.97. The Kier molecular flexibility index (Phi) is 47.4. The molecule has 4 aromatic carbocycles. The Balaban J connectivity index is -0.000000286. The normalized spacial score (nSPS) is 11.7. The topological polar surface area (TPSA) is 341 Å². The van der Waals surface area contributed by atoms with E-state index in [-0.39, 0.29) is 187 Å². The Labute approximate surface area is 597 Å². The zero-order valence-corrected chi connectivity index (χ0v) is 61.6. The molecule has 418 valence electrons. The molecule has 5 N–H and O–H groups in total. The van der Waals surface area contributed by atoms with Crippen molar-refractivity contribution in [3.8, 4) is 6.07 Å². The number of rotatable bonds is 15. The van der Waals surface area contributed by atoms with Crippen LogP contribution in [-0.2, 0) is 28.9 Å². The van der Waals surface area contributed by atoms with Crippen LogP contribution in [0.15, 0.2) is 72.8 Å². The minimum Gasteiger partial charge on any atom is -1.00 e. The largest absolute Gasteiger partial charge is 1.00 e. The smallest absolute Gasteiger partial charge is 1.00 e. The van der Waals surface area contributed by atoms with Gasteiger partial charge in [0.2, 0.25) is 23.0 Å². The number of nitrogens with two attached hydrogens (primary N) is 2. The zero-order chi connectivity index (χ0) is 57.8. The van der Waals surface area contributed by atoms with Crippen molar-refractivity contribution in [2.75, 3.05) is 50.3 Å². The zero-order valence-electron chi connectivity index (χ0n) is 46.1. The van der Waals surface area contributed by atoms with Crippen LogP contribution in [0.3, 0.4) is 0 Å². The summed E-state index contributed by atoms with van der Waals surface area (Å²) in [5, 5.41) is 51.6. The number of nitriles is 1. The molecule has 0 saturated carbocycles. The van der Waals surface area contributed by atoms with E-state index < -0.39 is 14.8 Å². The molecule has 4 aromatic rings. The number of halogens is 3. The van der Waals surface area contributed by atoms with Gasteiger partial charge in [-0.05, 0) is 149 Å². The number of carbonyl (C=O) groups excluding carboxylic acids is 5. The van der Waals surface area contributed by atoms with Gasteiger partial charge in [-0.15, -0.1) is 0 Å². The summed E-state index contributed by atoms with van der Waals surface area (Å²) in [6.07, 6.45) is 9.93. The molecule has 2 aliphatic heterocycles. The third-order valence-corrected chi connectivity index (χ3v) is 11.9. The molecule has 0 atom stereocenters. The number of unbranched alkanes of at least 4 members (excludes halogenated alkanes) is 2. The van der Waals surface area contributed by atoms with E-state index in [1.165, 1.54) is 49.4 Å². The summed E-state index contributed by atoms with van der Waals surface area (Å²) in [6, 6.07) is 20.9. The van der Waals surface area contributed by atoms with Gasteiger partial charge in [0.1, 0.15) is 0 Å². The molecular weight excluding hydrogens is 1410 g/mol. The maximum absolute atomic E-state index is 11.8. The van der Waals surface area contributed by atoms with E-state index >= 15 is 0 Å². The SMILES string of the molecule is CC#N.Cc1cc(N)ccc1N1CCCCC1=O.Cc1cc([N+](=O)[O-])ccc1N.Cc1cc([N+](=O)[O-])ccc1N1CCCCC1=O.Cc1cc([N+](=O)[O-])ccc1NC(=O)CCCCBr.O=C(Cl)CCCCBr.O=CO[O-].[Cs+].[Cs+].[H-].[HH]. The quantitative estimate of drug-likeness (QED) is 0.0205. The van der Waals surface area contributed by atoms with E-state index in [0.29, 0.717) is 49.2 Å². The number of benzene rings is 4. The van der Waals surface area contributed by atoms with Gasteiger partial charge >= 0.3 is 138 Å². The Morgan fingerprint density at radius 3 is 1.49 bits per heavy atom. The van der Waals surface area contributed by atoms with Crippen molar-refractivity contribution in [3.05, 3.63) is 125 Å². The van der Waals surface area contributed by atoms with Gasteiger partial charge in [0.15, 0.2) is 0 Å². The average Bonchev–Trinajstić information content (AvgIpc) is 3.37. The van der Waals surface area contributed by atoms with Gasteiger partial charge in [-0.3, -0.25) is 54.3 Å². The van der Waals surface area contributed by atoms with Crippen molar-refractivity contribution in [2.45, 2.75) is 112 Å². The summed E-state index contributed by atoms with van der Waals surface area (Å²) in [4.78, 5) is 90.1. The molecule has 27 heteroatoms. The van der Waals surface area contributed by atoms with Crippen LogP contribution in [0.4, 0.5) is 45.5 Å². The van der Waals surface area contributed by atoms with Gasteiger partial charge in [-0.2, -0.15) is 5.26 Å². The first kappa shape index (κ1) is 79.3. The first-order valence-corrected chi connectivity index (χ1v) is 26.3. The van der Waals surface area contributed by atoms with Crippen LogP contribution in [0.1, 0.15) is 109 Å². The van der Waals surface area contributed by atoms with Gasteiger partial charge in [-0.25, -0.2) is 0 Å². The molecule has 2 fully saturated rings. The Bertz CT molecular complexity index is 2610. The number of carbonyl (C=O) groups is 5. The minimum absolute atomic E-state index is 0. The second-order valence-corrected chi connectivity index (χ2v) is 18.5. The Morgan fingerprint density at radius 2 is 1.12 bits per heavy atom. The number of non-ortho nitro benzene ring substituents is 3. The number of hydrogen-bond acceptors (Lipinski definition) is 16. The fourth-order valence-electron chi connectivity index (χ4n) is 6.79. The van der Waals surface area contributed by atoms with E-state index in [1.807, 2.05) is 30.0 Å². The Morgan fingerprint density at radius 1 is 0.718 bits per heavy atom. The second-order valence-electron chi connectivity index (χ2n) is 16.4. The van der Waals surface area contributed by atoms with E-state index in [1.54, 1.807) is 43.9 Å². The summed E-state index contributed by atoms with van der Waals surface area (Å²) < 4.78 is 0. The van der Waals surface area contributed by atoms with E-state index in [2.05, 4.69) is 42.1 Å². The number of nitrogens with zero attached hydrogens (tertiary/aromatic N) is 6. The van der Waals surface area contributed by atoms with Crippen LogP contribution >= 0.6 is 43.5 Å². The van der Waals surface area contributed by atoms with Crippen molar-refractivity contribution in [1.29, 1.82) is 5.26 Å². The van der Waals surface area contributed by atoms with Crippen LogP contribution in [0.25, 0.3) is 0 Å². The number of piperidine rings is 2. The first-order chi connectivity index (χ1) is 36.0. The summed E-state index contributed by atoms with van der Waals surface area (Å²) in [5.74, 6) is 0.273. The molecule has 2 heterocycles. The predicted molar refractivity (Wildman–Crippen MR) is 302 cm³/mol. The van der Waals surface area contributed by atoms with Crippen LogP contribution in [0.5, 0.6) is 0 Å². The fourth-order valence-corrected chi connectivity index (χ4v) is 7.71. The van der Waals surface area contributed by atoms with Gasteiger partial charge in [0.25, 0.3) is 23.5 Å². The minimum atomic E-state index is -0.450. The monoisotopic (exact) mass is 1470 g/mol. The summed E-state index contributed by atoms with van der Waals surface area (Å²) >= 11 is 11.6. The number of nitrogen functional groups attached to an aromatic ring is 2. The average molecular weight is 1480 g/mol. The number of nitro benzene ring substituents is 3. The molecule has 78 heavy (non-hydrogen) atoms. The van der Waals surface area contributed by atoms with Crippen molar-refractivity contribution in [2.24, 2.45) is 0 Å². The predicted octanol–water partition coefficient (Wildman–Crippen LogP) is 5.05. The third kappa shape index (κ3) is 33.7. The summed E-state index contributed by atoms with van der Waals surface area (Å²) in [5.41, 5.74) is 18.4. The molecule has 3 amide bonds. The second kappa shape index (κ2) is 46.6. The third-order valence-electron chi connectivity index (χ3n) is 10.6. The van der Waals surface area contributed by atoms with E-state index in [0.717, 1.165) is 102 Å². The number of anilines is 5. The molecular formula is C51H68Br2ClCs2N9O13. The van der Waals surface area contributed by atoms with Gasteiger partial charge in [0, 0.05) is 123 Å². The number of amides is 3. The standard InChI is InChI=1S/C12H15BrN2O3.C12H14N2O3.C12H16N2O.C7H8N2O2.C5H8BrClO.C2H3N.CH2O3.2Cs.H2.H/c1-9-8-10(15(17)18)5-6-11(9)14-12(16)4-2-3-7-13;1-9-8-10(14(16)17)5-6-11(9)13-7-3-2-4-12(13)15;1-9-8-10(13)5-6-11(9)14-7-3-2-4-12(14)15;1-5-4-6(9(10)11)2-3-7(5)8;6-4-2-1-3-5(7)8;1-2-3;2-1-4-3;;;;/h5-6,8H,2-4,7H2,1H3,(H,14,16);5-6,8H,2-4,7H2,1H3;5-6,8H,2-4,7,13H2,1H3;2-4H,8H2,1H3;1-4H2;1H3;1,3H;;;1H;/q;;;;;;;2*+1;;-1/p-1. The molecule has 6 rings (SSSR count). The van der Waals surface area contributed by atoms with Gasteiger partial charge in [-0.1, -0.05) is 31.9 Å². The number of nitro groups is 3. The van der Waals surface area contributed by atoms with Crippen molar-refractivity contribution >= 4 is 118 Å². The van der Waals surface area contributed by atoms with Crippen LogP contribution in [0, 0.1) is 69.4 Å². The van der Waals surface area contributed by atoms with Crippen LogP contribution in [0.2, 0.25) is 0 Å². The maximum Gasteiger partial charge on any atom is 1.00 e. The van der Waals surface area contributed by atoms with Crippen molar-refractivity contribution in [1.82, 2.24) is 0 Å². The van der Waals surface area contributed by atoms with E-state index in [9.17, 15) is 49.5 Å². The molecule has 0 unspecified atom stereocenters. The summed E-state index contributed by atoms with van der Waals surface area (Å²) in [7, 11) is 0. The maximum atomic E-state index is 11.8. The van der Waals surface area contributed by atoms with Crippen LogP contribution < -0.4 is 170 Å². The number of hydrogen-bond donors (Lipinski definition) is 3. The molecule has 0 bridgehead atoms. The van der Waals surface area contributed by atoms with Crippen molar-refractivity contribution < 1.29 is 190 Å². The molecule has 2 saturated heterocycles. The number of nitrogens with one attached hydrogen (secondary N) is 1.